The third kappa shape index (κ3) is 3.22. The second-order valence-corrected chi connectivity index (χ2v) is 4.51. The molecule has 0 saturated carbocycles. The van der Waals surface area contributed by atoms with Gasteiger partial charge < -0.3 is 21.9 Å². The van der Waals surface area contributed by atoms with E-state index in [-0.39, 0.29) is 11.6 Å². The Labute approximate surface area is 123 Å². The summed E-state index contributed by atoms with van der Waals surface area (Å²) >= 11 is 0. The molecule has 0 aliphatic carbocycles. The van der Waals surface area contributed by atoms with Gasteiger partial charge in [0.2, 0.25) is 0 Å². The Hall–Kier alpha value is -2.78. The molecule has 0 fully saturated rings. The predicted octanol–water partition coefficient (Wildman–Crippen LogP) is 1.67. The number of aromatic nitrogens is 1. The molecule has 0 unspecified atom stereocenters. The van der Waals surface area contributed by atoms with E-state index in [2.05, 4.69) is 10.3 Å². The van der Waals surface area contributed by atoms with E-state index >= 15 is 0 Å². The molecule has 2 aromatic rings. The van der Waals surface area contributed by atoms with Gasteiger partial charge in [0, 0.05) is 12.1 Å². The molecule has 1 heterocycles. The van der Waals surface area contributed by atoms with Crippen LogP contribution < -0.4 is 16.8 Å². The van der Waals surface area contributed by atoms with Gasteiger partial charge in [0.15, 0.2) is 0 Å². The van der Waals surface area contributed by atoms with E-state index < -0.39 is 0 Å². The molecule has 21 heavy (non-hydrogen) atoms. The average Bonchev–Trinajstić information content (AvgIpc) is 2.47. The van der Waals surface area contributed by atoms with Gasteiger partial charge in [0.05, 0.1) is 11.4 Å². The van der Waals surface area contributed by atoms with Crippen molar-refractivity contribution < 1.29 is 5.11 Å². The number of pyridine rings is 1. The highest BCUT2D eigenvalue weighted by atomic mass is 16.3. The summed E-state index contributed by atoms with van der Waals surface area (Å²) in [6.45, 7) is 1.19. The summed E-state index contributed by atoms with van der Waals surface area (Å²) in [5.41, 5.74) is 13.3. The van der Waals surface area contributed by atoms with E-state index in [0.29, 0.717) is 35.6 Å². The first-order chi connectivity index (χ1) is 10.2. The smallest absolute Gasteiger partial charge is 0.144 e. The lowest BCUT2D eigenvalue weighted by atomic mass is 10.1. The topological polar surface area (TPSA) is 121 Å². The molecule has 108 valence electrons. The van der Waals surface area contributed by atoms with Gasteiger partial charge in [-0.05, 0) is 31.2 Å². The number of nitrogen functional groups attached to an aromatic ring is 1. The van der Waals surface area contributed by atoms with Gasteiger partial charge in [-0.1, -0.05) is 12.1 Å². The van der Waals surface area contributed by atoms with E-state index in [1.807, 2.05) is 6.07 Å². The normalized spacial score (nSPS) is 10.1. The molecule has 1 aromatic carbocycles. The fourth-order valence-electron chi connectivity index (χ4n) is 1.98. The number of benzene rings is 1. The van der Waals surface area contributed by atoms with Gasteiger partial charge in [-0.15, -0.1) is 0 Å². The quantitative estimate of drug-likeness (QED) is 0.619. The molecule has 0 radical (unpaired) electrons. The number of para-hydroxylation sites is 1. The first-order valence-corrected chi connectivity index (χ1v) is 6.60. The Morgan fingerprint density at radius 3 is 2.76 bits per heavy atom. The molecule has 0 bridgehead atoms. The van der Waals surface area contributed by atoms with Crippen LogP contribution in [0.2, 0.25) is 0 Å². The number of nitrogens with one attached hydrogen (secondary N) is 1. The van der Waals surface area contributed by atoms with Crippen LogP contribution in [0.1, 0.15) is 12.0 Å². The van der Waals surface area contributed by atoms with Crippen LogP contribution in [0, 0.1) is 11.3 Å². The number of nitrogens with two attached hydrogens (primary N) is 2. The van der Waals surface area contributed by atoms with Crippen LogP contribution in [-0.2, 0) is 0 Å². The Morgan fingerprint density at radius 1 is 1.33 bits per heavy atom. The Kier molecular flexibility index (Phi) is 4.59. The van der Waals surface area contributed by atoms with Crippen molar-refractivity contribution in [1.29, 1.82) is 5.26 Å². The van der Waals surface area contributed by atoms with Crippen molar-refractivity contribution in [3.05, 3.63) is 35.9 Å². The monoisotopic (exact) mass is 283 g/mol. The van der Waals surface area contributed by atoms with Crippen molar-refractivity contribution in [1.82, 2.24) is 4.98 Å². The van der Waals surface area contributed by atoms with Crippen molar-refractivity contribution in [3.8, 4) is 23.1 Å². The largest absolute Gasteiger partial charge is 0.507 e. The number of hydrogen-bond acceptors (Lipinski definition) is 6. The summed E-state index contributed by atoms with van der Waals surface area (Å²) in [5, 5.41) is 22.2. The zero-order valence-electron chi connectivity index (χ0n) is 11.5. The van der Waals surface area contributed by atoms with E-state index in [0.717, 1.165) is 6.42 Å². The zero-order valence-corrected chi connectivity index (χ0v) is 11.5. The average molecular weight is 283 g/mol. The third-order valence-corrected chi connectivity index (χ3v) is 3.04. The summed E-state index contributed by atoms with van der Waals surface area (Å²) in [4.78, 5) is 4.19. The highest BCUT2D eigenvalue weighted by Gasteiger charge is 2.13. The van der Waals surface area contributed by atoms with Crippen LogP contribution in [0.3, 0.4) is 0 Å². The van der Waals surface area contributed by atoms with Crippen LogP contribution in [-0.4, -0.2) is 23.2 Å². The Balaban J connectivity index is 2.45. The minimum Gasteiger partial charge on any atom is -0.507 e. The predicted molar refractivity (Wildman–Crippen MR) is 82.6 cm³/mol. The first-order valence-electron chi connectivity index (χ1n) is 6.60. The number of rotatable bonds is 5. The van der Waals surface area contributed by atoms with Gasteiger partial charge in [0.25, 0.3) is 0 Å². The summed E-state index contributed by atoms with van der Waals surface area (Å²) in [6.07, 6.45) is 0.777. The number of hydrogen-bond donors (Lipinski definition) is 4. The second-order valence-electron chi connectivity index (χ2n) is 4.51. The van der Waals surface area contributed by atoms with Crippen molar-refractivity contribution in [2.24, 2.45) is 5.73 Å². The van der Waals surface area contributed by atoms with E-state index in [1.165, 1.54) is 0 Å². The van der Waals surface area contributed by atoms with Crippen LogP contribution in [0.25, 0.3) is 11.3 Å². The number of anilines is 2. The molecule has 1 aromatic heterocycles. The SMILES string of the molecule is N#Cc1c(NCCCN)cc(-c2ccccc2O)nc1N. The molecule has 0 aliphatic rings. The maximum absolute atomic E-state index is 9.90. The molecule has 0 spiro atoms. The number of phenolic OH excluding ortho intramolecular Hbond substituents is 1. The second kappa shape index (κ2) is 6.59. The Morgan fingerprint density at radius 2 is 2.10 bits per heavy atom. The number of nitriles is 1. The lowest BCUT2D eigenvalue weighted by Crippen LogP contribution is -2.10. The first kappa shape index (κ1) is 14.6. The Bertz CT molecular complexity index is 678. The standard InChI is InChI=1S/C15H17N5O/c16-6-3-7-19-12-8-13(20-15(18)11(12)9-17)10-4-1-2-5-14(10)21/h1-2,4-5,8,21H,3,6-7,16H2,(H3,18,19,20). The highest BCUT2D eigenvalue weighted by Crippen LogP contribution is 2.31. The summed E-state index contributed by atoms with van der Waals surface area (Å²) in [6, 6.07) is 10.6. The number of phenols is 1. The maximum atomic E-state index is 9.90. The minimum atomic E-state index is 0.113. The van der Waals surface area contributed by atoms with Crippen molar-refractivity contribution in [2.75, 3.05) is 24.1 Å². The summed E-state index contributed by atoms with van der Waals surface area (Å²) in [7, 11) is 0. The van der Waals surface area contributed by atoms with E-state index in [9.17, 15) is 10.4 Å². The molecular weight excluding hydrogens is 266 g/mol. The van der Waals surface area contributed by atoms with E-state index in [1.54, 1.807) is 30.3 Å². The number of nitrogens with zero attached hydrogens (tertiary/aromatic N) is 2. The van der Waals surface area contributed by atoms with Crippen LogP contribution in [0.4, 0.5) is 11.5 Å². The molecule has 6 nitrogen and oxygen atoms in total. The zero-order chi connectivity index (χ0) is 15.2. The number of aromatic hydroxyl groups is 1. The molecule has 0 amide bonds. The lowest BCUT2D eigenvalue weighted by Gasteiger charge is -2.12. The van der Waals surface area contributed by atoms with Gasteiger partial charge in [-0.25, -0.2) is 4.98 Å². The fourth-order valence-corrected chi connectivity index (χ4v) is 1.98. The van der Waals surface area contributed by atoms with E-state index in [4.69, 9.17) is 11.5 Å². The lowest BCUT2D eigenvalue weighted by molar-refractivity contribution is 0.477. The van der Waals surface area contributed by atoms with Crippen molar-refractivity contribution in [2.45, 2.75) is 6.42 Å². The van der Waals surface area contributed by atoms with Crippen molar-refractivity contribution >= 4 is 11.5 Å². The molecular formula is C15H17N5O. The molecule has 0 aliphatic heterocycles. The van der Waals surface area contributed by atoms with Gasteiger partial charge in [0.1, 0.15) is 23.2 Å². The van der Waals surface area contributed by atoms with Crippen LogP contribution in [0.5, 0.6) is 5.75 Å². The highest BCUT2D eigenvalue weighted by molar-refractivity contribution is 5.76. The van der Waals surface area contributed by atoms with Gasteiger partial charge >= 0.3 is 0 Å². The summed E-state index contributed by atoms with van der Waals surface area (Å²) < 4.78 is 0. The molecule has 6 N–H and O–H groups in total. The van der Waals surface area contributed by atoms with Gasteiger partial charge in [-0.3, -0.25) is 0 Å². The third-order valence-electron chi connectivity index (χ3n) is 3.04. The summed E-state index contributed by atoms with van der Waals surface area (Å²) in [5.74, 6) is 0.246. The fraction of sp³-hybridized carbons (Fsp3) is 0.200. The molecule has 2 rings (SSSR count). The van der Waals surface area contributed by atoms with Crippen molar-refractivity contribution in [3.63, 3.8) is 0 Å². The molecule has 0 atom stereocenters. The van der Waals surface area contributed by atoms with Crippen LogP contribution in [0.15, 0.2) is 30.3 Å². The van der Waals surface area contributed by atoms with Gasteiger partial charge in [-0.2, -0.15) is 5.26 Å². The molecule has 6 heteroatoms. The van der Waals surface area contributed by atoms with Crippen LogP contribution >= 0.6 is 0 Å². The maximum Gasteiger partial charge on any atom is 0.144 e. The molecule has 0 saturated heterocycles. The minimum absolute atomic E-state index is 0.113.